The Morgan fingerprint density at radius 1 is 1.28 bits per heavy atom. The minimum Gasteiger partial charge on any atom is -0.306 e. The molecule has 1 aliphatic carbocycles. The van der Waals surface area contributed by atoms with Crippen molar-refractivity contribution in [3.8, 4) is 6.07 Å². The van der Waals surface area contributed by atoms with Crippen molar-refractivity contribution in [3.05, 3.63) is 82.0 Å². The summed E-state index contributed by atoms with van der Waals surface area (Å²) in [5.41, 5.74) is 6.58. The van der Waals surface area contributed by atoms with Gasteiger partial charge in [0, 0.05) is 23.2 Å². The van der Waals surface area contributed by atoms with Crippen molar-refractivity contribution in [2.24, 2.45) is 5.92 Å². The lowest BCUT2D eigenvalue weighted by Crippen LogP contribution is -2.37. The third-order valence-corrected chi connectivity index (χ3v) is 6.49. The zero-order valence-electron chi connectivity index (χ0n) is 18.5. The Kier molecular flexibility index (Phi) is 7.09. The van der Waals surface area contributed by atoms with Crippen molar-refractivity contribution in [1.29, 1.82) is 10.7 Å². The Bertz CT molecular complexity index is 1110. The molecule has 4 nitrogen and oxygen atoms in total. The third kappa shape index (κ3) is 4.80. The monoisotopic (exact) mass is 444 g/mol. The molecule has 2 aliphatic rings. The van der Waals surface area contributed by atoms with Crippen LogP contribution in [0, 0.1) is 22.7 Å². The summed E-state index contributed by atoms with van der Waals surface area (Å²) < 4.78 is 0. The van der Waals surface area contributed by atoms with Crippen LogP contribution in [-0.2, 0) is 6.54 Å². The predicted molar refractivity (Wildman–Crippen MR) is 133 cm³/mol. The number of benzene rings is 2. The molecule has 0 saturated heterocycles. The highest BCUT2D eigenvalue weighted by Gasteiger charge is 2.29. The Morgan fingerprint density at radius 3 is 2.91 bits per heavy atom. The minimum atomic E-state index is 0.353. The van der Waals surface area contributed by atoms with Gasteiger partial charge in [-0.3, -0.25) is 5.41 Å². The van der Waals surface area contributed by atoms with E-state index >= 15 is 0 Å². The van der Waals surface area contributed by atoms with E-state index in [1.807, 2.05) is 30.3 Å². The zero-order valence-corrected chi connectivity index (χ0v) is 19.3. The summed E-state index contributed by atoms with van der Waals surface area (Å²) in [5, 5.41) is 22.1. The Balaban J connectivity index is 1.66. The number of halogens is 1. The van der Waals surface area contributed by atoms with Gasteiger partial charge >= 0.3 is 0 Å². The van der Waals surface area contributed by atoms with E-state index in [0.717, 1.165) is 53.9 Å². The third-order valence-electron chi connectivity index (χ3n) is 6.25. The van der Waals surface area contributed by atoms with Gasteiger partial charge in [0.2, 0.25) is 0 Å². The normalized spacial score (nSPS) is 19.1. The van der Waals surface area contributed by atoms with E-state index in [0.29, 0.717) is 30.4 Å². The summed E-state index contributed by atoms with van der Waals surface area (Å²) in [7, 11) is 0. The van der Waals surface area contributed by atoms with E-state index in [4.69, 9.17) is 17.0 Å². The maximum atomic E-state index is 9.23. The number of amidine groups is 1. The first kappa shape index (κ1) is 22.3. The fraction of sp³-hybridized carbons (Fsp3) is 0.333. The first-order valence-corrected chi connectivity index (χ1v) is 11.7. The first-order chi connectivity index (χ1) is 15.6. The number of nitrogens with zero attached hydrogens (tertiary/aromatic N) is 2. The van der Waals surface area contributed by atoms with E-state index in [1.165, 1.54) is 11.3 Å². The first-order valence-electron chi connectivity index (χ1n) is 11.4. The minimum absolute atomic E-state index is 0.353. The quantitative estimate of drug-likeness (QED) is 0.541. The lowest BCUT2D eigenvalue weighted by atomic mass is 9.83. The molecule has 1 heterocycles. The van der Waals surface area contributed by atoms with Crippen LogP contribution < -0.4 is 10.2 Å². The molecule has 1 unspecified atom stereocenters. The summed E-state index contributed by atoms with van der Waals surface area (Å²) in [6.07, 6.45) is 9.65. The standard InChI is InChI=1S/C27H29ClN4/c1-2-3-7-25(32-26-13-12-24(28)15-23(26)17-31-18-27(32)30)21-10-8-20(9-11-21)22-6-4-5-19(14-22)16-29/h4-8,12-15,21,30-31H,2-3,9-11,17-18H2,1H3/b25-7+,30-27?. The molecule has 5 heteroatoms. The smallest absolute Gasteiger partial charge is 0.119 e. The Morgan fingerprint density at radius 2 is 2.16 bits per heavy atom. The number of anilines is 1. The summed E-state index contributed by atoms with van der Waals surface area (Å²) in [6.45, 7) is 3.43. The van der Waals surface area contributed by atoms with Crippen LogP contribution in [0.5, 0.6) is 0 Å². The van der Waals surface area contributed by atoms with E-state index in [-0.39, 0.29) is 0 Å². The largest absolute Gasteiger partial charge is 0.306 e. The van der Waals surface area contributed by atoms with Crippen LogP contribution in [-0.4, -0.2) is 12.4 Å². The number of hydrogen-bond acceptors (Lipinski definition) is 3. The van der Waals surface area contributed by atoms with Crippen LogP contribution in [0.25, 0.3) is 5.57 Å². The molecule has 32 heavy (non-hydrogen) atoms. The number of rotatable bonds is 5. The van der Waals surface area contributed by atoms with Crippen LogP contribution in [0.1, 0.15) is 55.7 Å². The molecular weight excluding hydrogens is 416 g/mol. The van der Waals surface area contributed by atoms with Gasteiger partial charge in [0.15, 0.2) is 0 Å². The zero-order chi connectivity index (χ0) is 22.5. The highest BCUT2D eigenvalue weighted by Crippen LogP contribution is 2.39. The molecule has 0 bridgehead atoms. The van der Waals surface area contributed by atoms with Crippen LogP contribution in [0.15, 0.2) is 60.3 Å². The van der Waals surface area contributed by atoms with Crippen LogP contribution >= 0.6 is 11.6 Å². The van der Waals surface area contributed by atoms with Gasteiger partial charge in [0.05, 0.1) is 23.9 Å². The summed E-state index contributed by atoms with van der Waals surface area (Å²) >= 11 is 6.28. The summed E-state index contributed by atoms with van der Waals surface area (Å²) in [5.74, 6) is 0.927. The van der Waals surface area contributed by atoms with Crippen molar-refractivity contribution < 1.29 is 0 Å². The SMILES string of the molecule is CCC/C=C(\C1CC=C(c2cccc(C#N)c2)CC1)N1C(=N)CNCc2cc(Cl)ccc21. The number of hydrogen-bond donors (Lipinski definition) is 2. The molecule has 164 valence electrons. The predicted octanol–water partition coefficient (Wildman–Crippen LogP) is 6.67. The number of allylic oxidation sites excluding steroid dienone is 4. The maximum absolute atomic E-state index is 9.23. The molecule has 1 aliphatic heterocycles. The molecule has 2 N–H and O–H groups in total. The second-order valence-electron chi connectivity index (χ2n) is 8.47. The maximum Gasteiger partial charge on any atom is 0.119 e. The van der Waals surface area contributed by atoms with Gasteiger partial charge in [0.25, 0.3) is 0 Å². The van der Waals surface area contributed by atoms with Crippen molar-refractivity contribution in [2.75, 3.05) is 11.4 Å². The van der Waals surface area contributed by atoms with Gasteiger partial charge in [-0.2, -0.15) is 5.26 Å². The van der Waals surface area contributed by atoms with Gasteiger partial charge in [0.1, 0.15) is 5.84 Å². The van der Waals surface area contributed by atoms with E-state index in [2.05, 4.69) is 47.5 Å². The second kappa shape index (κ2) is 10.2. The van der Waals surface area contributed by atoms with Crippen molar-refractivity contribution in [1.82, 2.24) is 5.32 Å². The molecule has 0 saturated carbocycles. The number of fused-ring (bicyclic) bond motifs is 1. The molecular formula is C27H29ClN4. The van der Waals surface area contributed by atoms with Gasteiger partial charge in [-0.15, -0.1) is 0 Å². The van der Waals surface area contributed by atoms with E-state index < -0.39 is 0 Å². The number of nitrogens with one attached hydrogen (secondary N) is 2. The van der Waals surface area contributed by atoms with Gasteiger partial charge in [-0.1, -0.05) is 49.2 Å². The molecule has 0 radical (unpaired) electrons. The summed E-state index contributed by atoms with van der Waals surface area (Å²) in [6, 6.07) is 16.1. The van der Waals surface area contributed by atoms with Crippen LogP contribution in [0.4, 0.5) is 5.69 Å². The van der Waals surface area contributed by atoms with Crippen molar-refractivity contribution in [2.45, 2.75) is 45.6 Å². The van der Waals surface area contributed by atoms with E-state index in [9.17, 15) is 5.26 Å². The van der Waals surface area contributed by atoms with Crippen molar-refractivity contribution in [3.63, 3.8) is 0 Å². The lowest BCUT2D eigenvalue weighted by Gasteiger charge is -2.34. The fourth-order valence-corrected chi connectivity index (χ4v) is 4.83. The van der Waals surface area contributed by atoms with Crippen LogP contribution in [0.2, 0.25) is 5.02 Å². The van der Waals surface area contributed by atoms with Gasteiger partial charge in [-0.05, 0) is 72.7 Å². The highest BCUT2D eigenvalue weighted by atomic mass is 35.5. The summed E-state index contributed by atoms with van der Waals surface area (Å²) in [4.78, 5) is 2.15. The molecule has 0 fully saturated rings. The Labute approximate surface area is 195 Å². The average molecular weight is 445 g/mol. The highest BCUT2D eigenvalue weighted by molar-refractivity contribution is 6.30. The van der Waals surface area contributed by atoms with Crippen LogP contribution in [0.3, 0.4) is 0 Å². The second-order valence-corrected chi connectivity index (χ2v) is 8.91. The number of unbranched alkanes of at least 4 members (excludes halogenated alkanes) is 1. The lowest BCUT2D eigenvalue weighted by molar-refractivity contribution is 0.550. The molecule has 4 rings (SSSR count). The average Bonchev–Trinajstić information content (AvgIpc) is 2.98. The Hall–Kier alpha value is -2.87. The molecule has 0 aromatic heterocycles. The molecule has 0 spiro atoms. The van der Waals surface area contributed by atoms with Gasteiger partial charge in [-0.25, -0.2) is 0 Å². The van der Waals surface area contributed by atoms with Crippen molar-refractivity contribution >= 4 is 28.7 Å². The topological polar surface area (TPSA) is 62.9 Å². The molecule has 2 aromatic carbocycles. The molecule has 1 atom stereocenters. The molecule has 2 aromatic rings. The fourth-order valence-electron chi connectivity index (χ4n) is 4.63. The van der Waals surface area contributed by atoms with E-state index in [1.54, 1.807) is 0 Å². The molecule has 0 amide bonds. The van der Waals surface area contributed by atoms with Gasteiger partial charge < -0.3 is 10.2 Å². The number of nitriles is 1.